The fourth-order valence-electron chi connectivity index (χ4n) is 2.40. The molecule has 2 aromatic rings. The van der Waals surface area contributed by atoms with Gasteiger partial charge in [-0.15, -0.1) is 11.3 Å². The van der Waals surface area contributed by atoms with Crippen molar-refractivity contribution in [3.05, 3.63) is 45.6 Å². The summed E-state index contributed by atoms with van der Waals surface area (Å²) in [5.41, 5.74) is 0.721. The van der Waals surface area contributed by atoms with Crippen molar-refractivity contribution in [2.24, 2.45) is 4.99 Å². The number of guanidine groups is 1. The summed E-state index contributed by atoms with van der Waals surface area (Å²) < 4.78 is 10.5. The fraction of sp³-hybridized carbons (Fsp3) is 0.421. The molecular formula is C19H27N3O3S. The third-order valence-electron chi connectivity index (χ3n) is 3.75. The number of aliphatic imine (C=N–C) groups is 1. The summed E-state index contributed by atoms with van der Waals surface area (Å²) in [5.74, 6) is 1.96. The van der Waals surface area contributed by atoms with Gasteiger partial charge in [0.15, 0.2) is 5.96 Å². The van der Waals surface area contributed by atoms with Crippen molar-refractivity contribution in [3.8, 4) is 11.5 Å². The Balaban J connectivity index is 2.01. The van der Waals surface area contributed by atoms with E-state index in [0.29, 0.717) is 30.5 Å². The lowest BCUT2D eigenvalue weighted by molar-refractivity contribution is 0.180. The van der Waals surface area contributed by atoms with Crippen LogP contribution in [0.5, 0.6) is 11.5 Å². The first-order chi connectivity index (χ1) is 12.5. The number of methoxy groups -OCH3 is 2. The lowest BCUT2D eigenvalue weighted by Gasteiger charge is -2.17. The van der Waals surface area contributed by atoms with Crippen LogP contribution in [0.4, 0.5) is 0 Å². The molecule has 1 aromatic carbocycles. The molecule has 0 radical (unpaired) electrons. The van der Waals surface area contributed by atoms with Gasteiger partial charge in [-0.3, -0.25) is 0 Å². The molecule has 0 saturated carbocycles. The van der Waals surface area contributed by atoms with Crippen LogP contribution in [0, 0.1) is 6.92 Å². The van der Waals surface area contributed by atoms with E-state index in [4.69, 9.17) is 9.47 Å². The van der Waals surface area contributed by atoms with Crippen LogP contribution in [0.2, 0.25) is 0 Å². The zero-order valence-electron chi connectivity index (χ0n) is 15.7. The van der Waals surface area contributed by atoms with Crippen LogP contribution >= 0.6 is 11.3 Å². The van der Waals surface area contributed by atoms with Crippen LogP contribution in [0.15, 0.2) is 35.3 Å². The van der Waals surface area contributed by atoms with E-state index in [2.05, 4.69) is 34.7 Å². The second-order valence-corrected chi connectivity index (χ2v) is 7.12. The molecule has 142 valence electrons. The van der Waals surface area contributed by atoms with Gasteiger partial charge in [0.2, 0.25) is 0 Å². The number of hydrogen-bond acceptors (Lipinski definition) is 5. The van der Waals surface area contributed by atoms with Gasteiger partial charge in [-0.05, 0) is 43.7 Å². The van der Waals surface area contributed by atoms with Gasteiger partial charge in [-0.2, -0.15) is 0 Å². The van der Waals surface area contributed by atoms with E-state index < -0.39 is 6.10 Å². The number of rotatable bonds is 8. The molecular weight excluding hydrogens is 350 g/mol. The summed E-state index contributed by atoms with van der Waals surface area (Å²) in [4.78, 5) is 7.05. The Morgan fingerprint density at radius 2 is 1.85 bits per heavy atom. The summed E-state index contributed by atoms with van der Waals surface area (Å²) in [6, 6.07) is 9.55. The summed E-state index contributed by atoms with van der Waals surface area (Å²) in [7, 11) is 3.18. The number of aliphatic hydroxyl groups is 1. The molecule has 0 spiro atoms. The van der Waals surface area contributed by atoms with Gasteiger partial charge in [0, 0.05) is 28.9 Å². The molecule has 1 atom stereocenters. The lowest BCUT2D eigenvalue weighted by atomic mass is 10.1. The second kappa shape index (κ2) is 10.0. The van der Waals surface area contributed by atoms with E-state index in [1.165, 1.54) is 9.75 Å². The number of benzene rings is 1. The highest BCUT2D eigenvalue weighted by Gasteiger charge is 2.12. The Bertz CT molecular complexity index is 708. The predicted molar refractivity (Wildman–Crippen MR) is 106 cm³/mol. The summed E-state index contributed by atoms with van der Waals surface area (Å²) in [6.07, 6.45) is -0.716. The van der Waals surface area contributed by atoms with Crippen molar-refractivity contribution in [1.82, 2.24) is 10.6 Å². The Morgan fingerprint density at radius 1 is 1.15 bits per heavy atom. The number of aryl methyl sites for hydroxylation is 1. The summed E-state index contributed by atoms with van der Waals surface area (Å²) in [5, 5.41) is 16.9. The Kier molecular flexibility index (Phi) is 7.74. The summed E-state index contributed by atoms with van der Waals surface area (Å²) >= 11 is 1.74. The van der Waals surface area contributed by atoms with E-state index in [-0.39, 0.29) is 0 Å². The first kappa shape index (κ1) is 20.1. The molecule has 1 heterocycles. The minimum Gasteiger partial charge on any atom is -0.497 e. The maximum Gasteiger partial charge on any atom is 0.191 e. The van der Waals surface area contributed by atoms with Crippen LogP contribution in [0.1, 0.15) is 28.3 Å². The summed E-state index contributed by atoms with van der Waals surface area (Å²) in [6.45, 7) is 5.77. The minimum absolute atomic E-state index is 0.325. The monoisotopic (exact) mass is 377 g/mol. The van der Waals surface area contributed by atoms with Gasteiger partial charge in [0.05, 0.1) is 26.9 Å². The molecule has 2 rings (SSSR count). The van der Waals surface area contributed by atoms with Crippen LogP contribution in [0.25, 0.3) is 0 Å². The Hall–Kier alpha value is -2.25. The third kappa shape index (κ3) is 5.93. The average molecular weight is 378 g/mol. The number of nitrogens with one attached hydrogen (secondary N) is 2. The molecule has 7 heteroatoms. The normalized spacial score (nSPS) is 12.6. The Labute approximate surface area is 158 Å². The minimum atomic E-state index is -0.716. The van der Waals surface area contributed by atoms with E-state index >= 15 is 0 Å². The first-order valence-corrected chi connectivity index (χ1v) is 9.35. The van der Waals surface area contributed by atoms with Gasteiger partial charge >= 0.3 is 0 Å². The Morgan fingerprint density at radius 3 is 2.38 bits per heavy atom. The number of thiophene rings is 1. The number of nitrogens with zero attached hydrogens (tertiary/aromatic N) is 1. The molecule has 26 heavy (non-hydrogen) atoms. The van der Waals surface area contributed by atoms with E-state index in [0.717, 1.165) is 12.1 Å². The zero-order valence-corrected chi connectivity index (χ0v) is 16.5. The van der Waals surface area contributed by atoms with Crippen LogP contribution in [0.3, 0.4) is 0 Å². The average Bonchev–Trinajstić information content (AvgIpc) is 3.08. The number of hydrogen-bond donors (Lipinski definition) is 3. The van der Waals surface area contributed by atoms with Gasteiger partial charge < -0.3 is 25.2 Å². The molecule has 0 aliphatic heterocycles. The second-order valence-electron chi connectivity index (χ2n) is 5.75. The van der Waals surface area contributed by atoms with E-state index in [9.17, 15) is 5.11 Å². The van der Waals surface area contributed by atoms with Crippen LogP contribution in [-0.4, -0.2) is 38.4 Å². The maximum absolute atomic E-state index is 10.5. The number of aliphatic hydroxyl groups excluding tert-OH is 1. The van der Waals surface area contributed by atoms with Gasteiger partial charge in [-0.1, -0.05) is 0 Å². The molecule has 0 fully saturated rings. The molecule has 0 aliphatic rings. The van der Waals surface area contributed by atoms with E-state index in [1.54, 1.807) is 43.8 Å². The molecule has 0 amide bonds. The lowest BCUT2D eigenvalue weighted by Crippen LogP contribution is -2.39. The third-order valence-corrected chi connectivity index (χ3v) is 4.74. The SMILES string of the molecule is CCNC(=NCc1ccc(C)s1)NCC(O)c1cc(OC)cc(OC)c1. The molecule has 1 unspecified atom stereocenters. The van der Waals surface area contributed by atoms with Gasteiger partial charge in [-0.25, -0.2) is 4.99 Å². The number of ether oxygens (including phenoxy) is 2. The molecule has 0 bridgehead atoms. The van der Waals surface area contributed by atoms with Crippen molar-refractivity contribution in [1.29, 1.82) is 0 Å². The zero-order chi connectivity index (χ0) is 18.9. The van der Waals surface area contributed by atoms with Crippen molar-refractivity contribution >= 4 is 17.3 Å². The topological polar surface area (TPSA) is 75.1 Å². The van der Waals surface area contributed by atoms with Crippen LogP contribution < -0.4 is 20.1 Å². The maximum atomic E-state index is 10.5. The molecule has 0 aliphatic carbocycles. The standard InChI is InChI=1S/C19H27N3O3S/c1-5-20-19(21-11-17-7-6-13(2)26-17)22-12-18(23)14-8-15(24-3)10-16(9-14)25-4/h6-10,18,23H,5,11-12H2,1-4H3,(H2,20,21,22). The van der Waals surface area contributed by atoms with Crippen molar-refractivity contribution in [2.45, 2.75) is 26.5 Å². The molecule has 0 saturated heterocycles. The van der Waals surface area contributed by atoms with Gasteiger partial charge in [0.1, 0.15) is 11.5 Å². The highest BCUT2D eigenvalue weighted by atomic mass is 32.1. The molecule has 3 N–H and O–H groups in total. The molecule has 6 nitrogen and oxygen atoms in total. The quantitative estimate of drug-likeness (QED) is 0.487. The molecule has 1 aromatic heterocycles. The fourth-order valence-corrected chi connectivity index (χ4v) is 3.22. The highest BCUT2D eigenvalue weighted by molar-refractivity contribution is 7.11. The van der Waals surface area contributed by atoms with Crippen LogP contribution in [-0.2, 0) is 6.54 Å². The predicted octanol–water partition coefficient (Wildman–Crippen LogP) is 2.86. The van der Waals surface area contributed by atoms with Crippen molar-refractivity contribution in [3.63, 3.8) is 0 Å². The highest BCUT2D eigenvalue weighted by Crippen LogP contribution is 2.26. The smallest absolute Gasteiger partial charge is 0.191 e. The van der Waals surface area contributed by atoms with Crippen molar-refractivity contribution in [2.75, 3.05) is 27.3 Å². The van der Waals surface area contributed by atoms with Gasteiger partial charge in [0.25, 0.3) is 0 Å². The largest absolute Gasteiger partial charge is 0.497 e. The van der Waals surface area contributed by atoms with E-state index in [1.807, 2.05) is 6.92 Å². The van der Waals surface area contributed by atoms with Crippen molar-refractivity contribution < 1.29 is 14.6 Å². The first-order valence-electron chi connectivity index (χ1n) is 8.54.